The second-order valence-corrected chi connectivity index (χ2v) is 8.97. The number of carbonyl (C=O) groups excluding carboxylic acids is 2. The molecule has 25 heavy (non-hydrogen) atoms. The summed E-state index contributed by atoms with van der Waals surface area (Å²) in [6.07, 6.45) is -1.57. The highest BCUT2D eigenvalue weighted by atomic mass is 19.3. The molecule has 0 aromatic carbocycles. The Morgan fingerprint density at radius 1 is 0.920 bits per heavy atom. The van der Waals surface area contributed by atoms with Crippen LogP contribution >= 0.6 is 0 Å². The number of halogens is 2. The summed E-state index contributed by atoms with van der Waals surface area (Å²) in [5.74, 6) is -6.25. The molecule has 0 amide bonds. The maximum atomic E-state index is 14.3. The Morgan fingerprint density at radius 2 is 1.40 bits per heavy atom. The zero-order valence-electron chi connectivity index (χ0n) is 17.1. The number of esters is 2. The van der Waals surface area contributed by atoms with Crippen molar-refractivity contribution in [2.24, 2.45) is 16.2 Å². The molecular weight excluding hydrogens is 330 g/mol. The van der Waals surface area contributed by atoms with Gasteiger partial charge < -0.3 is 9.47 Å². The van der Waals surface area contributed by atoms with Crippen molar-refractivity contribution in [2.45, 2.75) is 87.2 Å². The Bertz CT molecular complexity index is 475. The SMILES string of the molecule is CCOC(=O)C(F)(F)C(CC)OC(=O)C(C)(CC(C)(C)C)C(C)(C)C. The molecule has 0 N–H and O–H groups in total. The smallest absolute Gasteiger partial charge is 0.381 e. The average Bonchev–Trinajstić information content (AvgIpc) is 2.41. The van der Waals surface area contributed by atoms with Crippen molar-refractivity contribution in [3.8, 4) is 0 Å². The van der Waals surface area contributed by atoms with E-state index in [1.165, 1.54) is 13.8 Å². The summed E-state index contributed by atoms with van der Waals surface area (Å²) in [6, 6.07) is 0. The highest BCUT2D eigenvalue weighted by Gasteiger charge is 2.54. The number of rotatable bonds is 7. The zero-order chi connectivity index (χ0) is 20.3. The summed E-state index contributed by atoms with van der Waals surface area (Å²) in [6.45, 7) is 16.0. The maximum absolute atomic E-state index is 14.3. The van der Waals surface area contributed by atoms with Crippen LogP contribution in [0.1, 0.15) is 75.2 Å². The molecule has 0 fully saturated rings. The Labute approximate surface area is 150 Å². The van der Waals surface area contributed by atoms with Gasteiger partial charge in [0.1, 0.15) is 0 Å². The van der Waals surface area contributed by atoms with Crippen molar-refractivity contribution in [2.75, 3.05) is 6.61 Å². The fraction of sp³-hybridized carbons (Fsp3) is 0.895. The topological polar surface area (TPSA) is 52.6 Å². The third-order valence-corrected chi connectivity index (χ3v) is 4.56. The van der Waals surface area contributed by atoms with Crippen LogP contribution in [-0.2, 0) is 19.1 Å². The van der Waals surface area contributed by atoms with Crippen LogP contribution in [0.2, 0.25) is 0 Å². The van der Waals surface area contributed by atoms with E-state index in [1.807, 2.05) is 41.5 Å². The van der Waals surface area contributed by atoms with Crippen molar-refractivity contribution in [1.29, 1.82) is 0 Å². The molecule has 0 radical (unpaired) electrons. The van der Waals surface area contributed by atoms with Crippen LogP contribution in [-0.4, -0.2) is 30.6 Å². The molecule has 2 atom stereocenters. The Balaban J connectivity index is 5.63. The van der Waals surface area contributed by atoms with Gasteiger partial charge in [0.15, 0.2) is 6.10 Å². The van der Waals surface area contributed by atoms with Gasteiger partial charge in [0.2, 0.25) is 0 Å². The van der Waals surface area contributed by atoms with Gasteiger partial charge in [0.05, 0.1) is 12.0 Å². The largest absolute Gasteiger partial charge is 0.461 e. The minimum Gasteiger partial charge on any atom is -0.461 e. The van der Waals surface area contributed by atoms with Crippen LogP contribution < -0.4 is 0 Å². The average molecular weight is 364 g/mol. The summed E-state index contributed by atoms with van der Waals surface area (Å²) in [5.41, 5.74) is -1.69. The van der Waals surface area contributed by atoms with E-state index in [2.05, 4.69) is 4.74 Å². The number of carbonyl (C=O) groups is 2. The molecule has 0 aromatic heterocycles. The minimum absolute atomic E-state index is 0.164. The van der Waals surface area contributed by atoms with Gasteiger partial charge in [0, 0.05) is 0 Å². The van der Waals surface area contributed by atoms with Crippen LogP contribution in [0, 0.1) is 16.2 Å². The van der Waals surface area contributed by atoms with Crippen molar-refractivity contribution < 1.29 is 27.8 Å². The molecule has 0 aromatic rings. The van der Waals surface area contributed by atoms with Gasteiger partial charge >= 0.3 is 17.9 Å². The van der Waals surface area contributed by atoms with E-state index in [0.29, 0.717) is 6.42 Å². The molecule has 0 spiro atoms. The Morgan fingerprint density at radius 3 is 1.72 bits per heavy atom. The molecule has 4 nitrogen and oxygen atoms in total. The summed E-state index contributed by atoms with van der Waals surface area (Å²) >= 11 is 0. The van der Waals surface area contributed by atoms with Gasteiger partial charge in [-0.15, -0.1) is 0 Å². The predicted octanol–water partition coefficient (Wildman–Crippen LogP) is 5.00. The number of hydrogen-bond acceptors (Lipinski definition) is 4. The summed E-state index contributed by atoms with van der Waals surface area (Å²) in [7, 11) is 0. The van der Waals surface area contributed by atoms with Crippen molar-refractivity contribution in [3.63, 3.8) is 0 Å². The number of ether oxygens (including phenoxy) is 2. The van der Waals surface area contributed by atoms with Gasteiger partial charge in [-0.25, -0.2) is 4.79 Å². The van der Waals surface area contributed by atoms with E-state index < -0.39 is 34.8 Å². The summed E-state index contributed by atoms with van der Waals surface area (Å²) in [4.78, 5) is 24.4. The van der Waals surface area contributed by atoms with E-state index >= 15 is 0 Å². The van der Waals surface area contributed by atoms with Gasteiger partial charge in [-0.05, 0) is 37.5 Å². The second kappa shape index (κ2) is 8.00. The van der Waals surface area contributed by atoms with Gasteiger partial charge in [-0.2, -0.15) is 8.78 Å². The molecule has 0 rings (SSSR count). The van der Waals surface area contributed by atoms with Crippen LogP contribution in [0.25, 0.3) is 0 Å². The first-order chi connectivity index (χ1) is 11.0. The molecule has 0 saturated carbocycles. The quantitative estimate of drug-likeness (QED) is 0.597. The maximum Gasteiger partial charge on any atom is 0.381 e. The number of alkyl halides is 2. The van der Waals surface area contributed by atoms with Crippen LogP contribution in [0.4, 0.5) is 8.78 Å². The lowest BCUT2D eigenvalue weighted by atomic mass is 9.61. The van der Waals surface area contributed by atoms with Crippen molar-refractivity contribution >= 4 is 11.9 Å². The monoisotopic (exact) mass is 364 g/mol. The van der Waals surface area contributed by atoms with E-state index in [1.54, 1.807) is 6.92 Å². The molecule has 0 bridgehead atoms. The van der Waals surface area contributed by atoms with Gasteiger partial charge in [-0.3, -0.25) is 4.79 Å². The zero-order valence-corrected chi connectivity index (χ0v) is 17.1. The standard InChI is InChI=1S/C19H34F2O4/c1-10-13(19(20,21)15(23)24-11-2)25-14(22)18(9,17(6,7)8)12-16(3,4)5/h13H,10-12H2,1-9H3. The highest BCUT2D eigenvalue weighted by molar-refractivity contribution is 5.81. The first-order valence-electron chi connectivity index (χ1n) is 8.79. The number of hydrogen-bond donors (Lipinski definition) is 0. The third kappa shape index (κ3) is 5.93. The van der Waals surface area contributed by atoms with Crippen LogP contribution in [0.15, 0.2) is 0 Å². The highest BCUT2D eigenvalue weighted by Crippen LogP contribution is 2.48. The molecule has 2 unspecified atom stereocenters. The molecule has 6 heteroatoms. The second-order valence-electron chi connectivity index (χ2n) is 8.97. The fourth-order valence-corrected chi connectivity index (χ4v) is 2.74. The lowest BCUT2D eigenvalue weighted by Gasteiger charge is -2.44. The van der Waals surface area contributed by atoms with E-state index in [9.17, 15) is 18.4 Å². The molecule has 0 aliphatic heterocycles. The summed E-state index contributed by atoms with van der Waals surface area (Å²) in [5, 5.41) is 0. The van der Waals surface area contributed by atoms with Crippen molar-refractivity contribution in [3.05, 3.63) is 0 Å². The summed E-state index contributed by atoms with van der Waals surface area (Å²) < 4.78 is 38.2. The Kier molecular flexibility index (Phi) is 7.62. The lowest BCUT2D eigenvalue weighted by molar-refractivity contribution is -0.206. The lowest BCUT2D eigenvalue weighted by Crippen LogP contribution is -2.50. The third-order valence-electron chi connectivity index (χ3n) is 4.56. The molecule has 148 valence electrons. The van der Waals surface area contributed by atoms with E-state index in [-0.39, 0.29) is 18.4 Å². The van der Waals surface area contributed by atoms with Gasteiger partial charge in [0.25, 0.3) is 0 Å². The minimum atomic E-state index is -3.87. The normalized spacial score (nSPS) is 16.8. The van der Waals surface area contributed by atoms with Crippen LogP contribution in [0.3, 0.4) is 0 Å². The molecule has 0 aliphatic carbocycles. The van der Waals surface area contributed by atoms with Gasteiger partial charge in [-0.1, -0.05) is 48.5 Å². The molecule has 0 aliphatic rings. The molecule has 0 heterocycles. The first-order valence-corrected chi connectivity index (χ1v) is 8.79. The van der Waals surface area contributed by atoms with Crippen LogP contribution in [0.5, 0.6) is 0 Å². The van der Waals surface area contributed by atoms with E-state index in [0.717, 1.165) is 0 Å². The van der Waals surface area contributed by atoms with Crippen molar-refractivity contribution in [1.82, 2.24) is 0 Å². The first kappa shape index (κ1) is 23.8. The Hall–Kier alpha value is -1.20. The van der Waals surface area contributed by atoms with E-state index in [4.69, 9.17) is 4.74 Å². The molecular formula is C19H34F2O4. The fourth-order valence-electron chi connectivity index (χ4n) is 2.74. The predicted molar refractivity (Wildman–Crippen MR) is 93.4 cm³/mol. The molecule has 0 saturated heterocycles.